The zero-order valence-corrected chi connectivity index (χ0v) is 15.8. The molecule has 0 atom stereocenters. The van der Waals surface area contributed by atoms with Crippen molar-refractivity contribution >= 4 is 21.4 Å². The smallest absolute Gasteiger partial charge is 0.178 e. The number of hydrogen-bond acceptors (Lipinski definition) is 5. The van der Waals surface area contributed by atoms with Crippen molar-refractivity contribution in [3.05, 3.63) is 64.9 Å². The van der Waals surface area contributed by atoms with Crippen molar-refractivity contribution in [1.82, 2.24) is 0 Å². The maximum atomic E-state index is 12.0. The zero-order chi connectivity index (χ0) is 19.3. The van der Waals surface area contributed by atoms with Crippen LogP contribution in [-0.4, -0.2) is 19.3 Å². The minimum absolute atomic E-state index is 0.0535. The van der Waals surface area contributed by atoms with Crippen LogP contribution in [0.15, 0.2) is 53.6 Å². The van der Waals surface area contributed by atoms with E-state index in [4.69, 9.17) is 16.3 Å². The summed E-state index contributed by atoms with van der Waals surface area (Å²) in [6.45, 7) is 5.00. The third-order valence-corrected chi connectivity index (χ3v) is 5.71. The summed E-state index contributed by atoms with van der Waals surface area (Å²) >= 11 is 6.03. The third-order valence-electron chi connectivity index (χ3n) is 3.74. The number of nitriles is 1. The standard InChI is InChI=1S/C19H18ClNO4S/c1-3-26(23,24)17-8-9-18(15(10-17)12-21)25-19-11-16(20)7-6-14(19)5-4-13(2)22/h6-11,22H,2-5H2,1H3. The first-order valence-corrected chi connectivity index (χ1v) is 9.89. The second kappa shape index (κ2) is 8.26. The van der Waals surface area contributed by atoms with E-state index in [1.165, 1.54) is 18.2 Å². The molecule has 26 heavy (non-hydrogen) atoms. The lowest BCUT2D eigenvalue weighted by Crippen LogP contribution is -2.04. The number of sulfone groups is 1. The molecule has 0 saturated carbocycles. The number of halogens is 1. The highest BCUT2D eigenvalue weighted by Crippen LogP contribution is 2.32. The maximum Gasteiger partial charge on any atom is 0.178 e. The molecule has 0 amide bonds. The van der Waals surface area contributed by atoms with Gasteiger partial charge < -0.3 is 9.84 Å². The number of rotatable bonds is 7. The summed E-state index contributed by atoms with van der Waals surface area (Å²) in [6, 6.07) is 11.2. The van der Waals surface area contributed by atoms with Crippen molar-refractivity contribution in [2.24, 2.45) is 0 Å². The molecular formula is C19H18ClNO4S. The summed E-state index contributed by atoms with van der Waals surface area (Å²) in [6.07, 6.45) is 0.836. The molecule has 136 valence electrons. The second-order valence-electron chi connectivity index (χ2n) is 5.59. The van der Waals surface area contributed by atoms with Crippen LogP contribution in [0.3, 0.4) is 0 Å². The van der Waals surface area contributed by atoms with Crippen LogP contribution < -0.4 is 4.74 Å². The van der Waals surface area contributed by atoms with Crippen LogP contribution in [0.4, 0.5) is 0 Å². The van der Waals surface area contributed by atoms with Gasteiger partial charge >= 0.3 is 0 Å². The minimum atomic E-state index is -3.42. The first kappa shape index (κ1) is 19.8. The monoisotopic (exact) mass is 391 g/mol. The van der Waals surface area contributed by atoms with E-state index in [9.17, 15) is 18.8 Å². The molecular weight excluding hydrogens is 374 g/mol. The van der Waals surface area contributed by atoms with Gasteiger partial charge in [0.15, 0.2) is 9.84 Å². The lowest BCUT2D eigenvalue weighted by atomic mass is 10.1. The van der Waals surface area contributed by atoms with Crippen molar-refractivity contribution in [3.8, 4) is 17.6 Å². The van der Waals surface area contributed by atoms with Gasteiger partial charge in [-0.25, -0.2) is 8.42 Å². The van der Waals surface area contributed by atoms with E-state index in [0.29, 0.717) is 23.6 Å². The Labute approximate surface area is 158 Å². The Kier molecular flexibility index (Phi) is 6.30. The van der Waals surface area contributed by atoms with Crippen LogP contribution in [0.25, 0.3) is 0 Å². The number of aliphatic hydroxyl groups is 1. The molecule has 7 heteroatoms. The number of hydrogen-bond donors (Lipinski definition) is 1. The van der Waals surface area contributed by atoms with Gasteiger partial charge in [0.05, 0.1) is 22.0 Å². The van der Waals surface area contributed by atoms with Gasteiger partial charge in [-0.3, -0.25) is 0 Å². The molecule has 5 nitrogen and oxygen atoms in total. The molecule has 0 unspecified atom stereocenters. The van der Waals surface area contributed by atoms with Gasteiger partial charge in [-0.1, -0.05) is 31.2 Å². The molecule has 2 aromatic rings. The van der Waals surface area contributed by atoms with Gasteiger partial charge in [-0.15, -0.1) is 0 Å². The Morgan fingerprint density at radius 2 is 2.00 bits per heavy atom. The fourth-order valence-corrected chi connectivity index (χ4v) is 3.34. The van der Waals surface area contributed by atoms with Crippen LogP contribution in [0.5, 0.6) is 11.5 Å². The lowest BCUT2D eigenvalue weighted by molar-refractivity contribution is 0.390. The third kappa shape index (κ3) is 4.78. The van der Waals surface area contributed by atoms with Crippen LogP contribution >= 0.6 is 11.6 Å². The molecule has 1 N–H and O–H groups in total. The number of ether oxygens (including phenoxy) is 1. The van der Waals surface area contributed by atoms with E-state index in [2.05, 4.69) is 6.58 Å². The largest absolute Gasteiger partial charge is 0.513 e. The first-order chi connectivity index (χ1) is 12.3. The summed E-state index contributed by atoms with van der Waals surface area (Å²) in [7, 11) is -3.42. The van der Waals surface area contributed by atoms with E-state index in [1.807, 2.05) is 6.07 Å². The molecule has 0 aliphatic carbocycles. The molecule has 0 aliphatic rings. The molecule has 0 radical (unpaired) electrons. The van der Waals surface area contributed by atoms with E-state index in [0.717, 1.165) is 5.56 Å². The normalized spacial score (nSPS) is 11.0. The van der Waals surface area contributed by atoms with E-state index >= 15 is 0 Å². The fraction of sp³-hybridized carbons (Fsp3) is 0.211. The summed E-state index contributed by atoms with van der Waals surface area (Å²) in [5.74, 6) is 0.662. The summed E-state index contributed by atoms with van der Waals surface area (Å²) in [5, 5.41) is 19.1. The molecule has 2 rings (SSSR count). The van der Waals surface area contributed by atoms with Crippen molar-refractivity contribution < 1.29 is 18.3 Å². The van der Waals surface area contributed by atoms with Crippen molar-refractivity contribution in [1.29, 1.82) is 5.26 Å². The summed E-state index contributed by atoms with van der Waals surface area (Å²) in [4.78, 5) is 0.0757. The van der Waals surface area contributed by atoms with Gasteiger partial charge in [0.25, 0.3) is 0 Å². The van der Waals surface area contributed by atoms with E-state index in [1.54, 1.807) is 25.1 Å². The Morgan fingerprint density at radius 1 is 1.27 bits per heavy atom. The summed E-state index contributed by atoms with van der Waals surface area (Å²) < 4.78 is 29.8. The van der Waals surface area contributed by atoms with Crippen LogP contribution in [0.2, 0.25) is 5.02 Å². The van der Waals surface area contributed by atoms with Crippen LogP contribution in [0.1, 0.15) is 24.5 Å². The van der Waals surface area contributed by atoms with Gasteiger partial charge in [-0.05, 0) is 42.3 Å². The Hall–Kier alpha value is -2.49. The number of nitrogens with zero attached hydrogens (tertiary/aromatic N) is 1. The van der Waals surface area contributed by atoms with Crippen molar-refractivity contribution in [2.75, 3.05) is 5.75 Å². The number of allylic oxidation sites excluding steroid dienone is 1. The van der Waals surface area contributed by atoms with Crippen molar-refractivity contribution in [2.45, 2.75) is 24.7 Å². The summed E-state index contributed by atoms with van der Waals surface area (Å²) in [5.41, 5.74) is 0.885. The highest BCUT2D eigenvalue weighted by Gasteiger charge is 2.16. The minimum Gasteiger partial charge on any atom is -0.513 e. The Morgan fingerprint density at radius 3 is 2.62 bits per heavy atom. The quantitative estimate of drug-likeness (QED) is 0.685. The molecule has 0 spiro atoms. The topological polar surface area (TPSA) is 87.4 Å². The molecule has 2 aromatic carbocycles. The second-order valence-corrected chi connectivity index (χ2v) is 8.31. The highest BCUT2D eigenvalue weighted by molar-refractivity contribution is 7.91. The van der Waals surface area contributed by atoms with Gasteiger partial charge in [-0.2, -0.15) is 5.26 Å². The predicted octanol–water partition coefficient (Wildman–Crippen LogP) is 4.80. The molecule has 0 fully saturated rings. The SMILES string of the molecule is C=C(O)CCc1ccc(Cl)cc1Oc1ccc(S(=O)(=O)CC)cc1C#N. The number of benzene rings is 2. The lowest BCUT2D eigenvalue weighted by Gasteiger charge is -2.13. The highest BCUT2D eigenvalue weighted by atomic mass is 35.5. The Balaban J connectivity index is 2.41. The molecule has 0 aliphatic heterocycles. The first-order valence-electron chi connectivity index (χ1n) is 7.86. The number of aryl methyl sites for hydroxylation is 1. The zero-order valence-electron chi connectivity index (χ0n) is 14.2. The predicted molar refractivity (Wildman–Crippen MR) is 100 cm³/mol. The average Bonchev–Trinajstić information content (AvgIpc) is 2.61. The molecule has 0 saturated heterocycles. The number of aliphatic hydroxyl groups excluding tert-OH is 1. The van der Waals surface area contributed by atoms with E-state index in [-0.39, 0.29) is 27.7 Å². The average molecular weight is 392 g/mol. The van der Waals surface area contributed by atoms with E-state index < -0.39 is 9.84 Å². The van der Waals surface area contributed by atoms with Gasteiger partial charge in [0.1, 0.15) is 17.6 Å². The van der Waals surface area contributed by atoms with Gasteiger partial charge in [0.2, 0.25) is 0 Å². The van der Waals surface area contributed by atoms with Crippen molar-refractivity contribution in [3.63, 3.8) is 0 Å². The fourth-order valence-electron chi connectivity index (χ4n) is 2.27. The molecule has 0 aromatic heterocycles. The Bertz CT molecular complexity index is 978. The maximum absolute atomic E-state index is 12.0. The van der Waals surface area contributed by atoms with Crippen LogP contribution in [0, 0.1) is 11.3 Å². The molecule has 0 heterocycles. The van der Waals surface area contributed by atoms with Crippen LogP contribution in [-0.2, 0) is 16.3 Å². The molecule has 0 bridgehead atoms. The van der Waals surface area contributed by atoms with Gasteiger partial charge in [0, 0.05) is 11.4 Å².